The van der Waals surface area contributed by atoms with Gasteiger partial charge in [-0.05, 0) is 30.2 Å². The Hall–Kier alpha value is -3.13. The van der Waals surface area contributed by atoms with Gasteiger partial charge in [0, 0.05) is 13.0 Å². The van der Waals surface area contributed by atoms with Crippen LogP contribution < -0.4 is 4.31 Å². The molecule has 2 rings (SSSR count). The zero-order valence-corrected chi connectivity index (χ0v) is 15.2. The van der Waals surface area contributed by atoms with Crippen LogP contribution in [0, 0.1) is 0 Å². The van der Waals surface area contributed by atoms with Gasteiger partial charge in [-0.15, -0.1) is 0 Å². The SMILES string of the molecule is O=C(O)CCCN(c1ccccc1C(=O)O)S(=O)(=O)C=Cc1ccccc1. The number of benzene rings is 2. The molecule has 0 saturated heterocycles. The molecule has 0 amide bonds. The fourth-order valence-electron chi connectivity index (χ4n) is 2.43. The first-order valence-electron chi connectivity index (χ1n) is 8.11. The number of anilines is 1. The van der Waals surface area contributed by atoms with Crippen molar-refractivity contribution < 1.29 is 28.2 Å². The summed E-state index contributed by atoms with van der Waals surface area (Å²) in [6.45, 7) is -0.155. The van der Waals surface area contributed by atoms with Crippen molar-refractivity contribution in [3.63, 3.8) is 0 Å². The highest BCUT2D eigenvalue weighted by Gasteiger charge is 2.24. The highest BCUT2D eigenvalue weighted by molar-refractivity contribution is 7.95. The van der Waals surface area contributed by atoms with Crippen LogP contribution >= 0.6 is 0 Å². The molecule has 0 aromatic heterocycles. The first kappa shape index (κ1) is 20.2. The third-order valence-electron chi connectivity index (χ3n) is 3.69. The molecule has 0 spiro atoms. The van der Waals surface area contributed by atoms with Crippen LogP contribution in [-0.2, 0) is 14.8 Å². The van der Waals surface area contributed by atoms with Crippen LogP contribution in [0.1, 0.15) is 28.8 Å². The summed E-state index contributed by atoms with van der Waals surface area (Å²) in [6.07, 6.45) is 1.22. The molecule has 142 valence electrons. The highest BCUT2D eigenvalue weighted by atomic mass is 32.2. The van der Waals surface area contributed by atoms with Crippen LogP contribution in [0.15, 0.2) is 60.0 Å². The normalized spacial score (nSPS) is 11.4. The predicted octanol–water partition coefficient (Wildman–Crippen LogP) is 3.06. The molecule has 27 heavy (non-hydrogen) atoms. The Bertz CT molecular complexity index is 938. The average molecular weight is 389 g/mol. The number of aromatic carboxylic acids is 1. The van der Waals surface area contributed by atoms with Crippen molar-refractivity contribution in [2.24, 2.45) is 0 Å². The Labute approximate surface area is 157 Å². The van der Waals surface area contributed by atoms with E-state index >= 15 is 0 Å². The first-order valence-corrected chi connectivity index (χ1v) is 9.61. The monoisotopic (exact) mass is 389 g/mol. The number of carboxylic acid groups (broad SMARTS) is 2. The van der Waals surface area contributed by atoms with Gasteiger partial charge >= 0.3 is 11.9 Å². The van der Waals surface area contributed by atoms with Crippen LogP contribution in [-0.4, -0.2) is 37.1 Å². The lowest BCUT2D eigenvalue weighted by Crippen LogP contribution is -2.32. The zero-order chi connectivity index (χ0) is 19.9. The maximum atomic E-state index is 12.9. The zero-order valence-electron chi connectivity index (χ0n) is 14.4. The molecule has 0 aliphatic heterocycles. The fourth-order valence-corrected chi connectivity index (χ4v) is 3.73. The lowest BCUT2D eigenvalue weighted by Gasteiger charge is -2.24. The number of carboxylic acids is 2. The van der Waals surface area contributed by atoms with Gasteiger partial charge in [0.1, 0.15) is 0 Å². The summed E-state index contributed by atoms with van der Waals surface area (Å²) >= 11 is 0. The Morgan fingerprint density at radius 1 is 0.963 bits per heavy atom. The van der Waals surface area contributed by atoms with E-state index in [0.29, 0.717) is 5.56 Å². The number of hydrogen-bond acceptors (Lipinski definition) is 4. The molecule has 2 aromatic carbocycles. The van der Waals surface area contributed by atoms with Gasteiger partial charge in [0.2, 0.25) is 0 Å². The molecule has 0 saturated carbocycles. The van der Waals surface area contributed by atoms with E-state index in [0.717, 1.165) is 9.71 Å². The van der Waals surface area contributed by atoms with E-state index in [9.17, 15) is 23.1 Å². The average Bonchev–Trinajstić information content (AvgIpc) is 2.64. The van der Waals surface area contributed by atoms with Crippen LogP contribution in [0.3, 0.4) is 0 Å². The predicted molar refractivity (Wildman–Crippen MR) is 102 cm³/mol. The third-order valence-corrected chi connectivity index (χ3v) is 5.17. The van der Waals surface area contributed by atoms with Crippen LogP contribution in [0.25, 0.3) is 6.08 Å². The number of rotatable bonds is 9. The number of carbonyl (C=O) groups is 2. The molecule has 7 nitrogen and oxygen atoms in total. The quantitative estimate of drug-likeness (QED) is 0.682. The number of para-hydroxylation sites is 1. The van der Waals surface area contributed by atoms with Crippen molar-refractivity contribution in [2.45, 2.75) is 12.8 Å². The van der Waals surface area contributed by atoms with E-state index in [-0.39, 0.29) is 30.6 Å². The lowest BCUT2D eigenvalue weighted by atomic mass is 10.1. The van der Waals surface area contributed by atoms with E-state index in [2.05, 4.69) is 0 Å². The Morgan fingerprint density at radius 3 is 2.22 bits per heavy atom. The van der Waals surface area contributed by atoms with Crippen LogP contribution in [0.2, 0.25) is 0 Å². The highest BCUT2D eigenvalue weighted by Crippen LogP contribution is 2.25. The lowest BCUT2D eigenvalue weighted by molar-refractivity contribution is -0.137. The van der Waals surface area contributed by atoms with Crippen LogP contribution in [0.5, 0.6) is 0 Å². The minimum Gasteiger partial charge on any atom is -0.481 e. The smallest absolute Gasteiger partial charge is 0.337 e. The summed E-state index contributed by atoms with van der Waals surface area (Å²) in [4.78, 5) is 22.3. The molecular weight excluding hydrogens is 370 g/mol. The number of hydrogen-bond donors (Lipinski definition) is 2. The summed E-state index contributed by atoms with van der Waals surface area (Å²) in [5.74, 6) is -2.32. The second kappa shape index (κ2) is 9.00. The molecule has 8 heteroatoms. The summed E-state index contributed by atoms with van der Waals surface area (Å²) in [5.41, 5.74) is 0.482. The van der Waals surface area contributed by atoms with Crippen LogP contribution in [0.4, 0.5) is 5.69 Å². The molecular formula is C19H19NO6S. The maximum absolute atomic E-state index is 12.9. The van der Waals surface area contributed by atoms with Crippen molar-refractivity contribution in [1.29, 1.82) is 0 Å². The van der Waals surface area contributed by atoms with Crippen molar-refractivity contribution in [1.82, 2.24) is 0 Å². The second-order valence-corrected chi connectivity index (χ2v) is 7.39. The number of nitrogens with zero attached hydrogens (tertiary/aromatic N) is 1. The second-order valence-electron chi connectivity index (χ2n) is 5.65. The van der Waals surface area contributed by atoms with Crippen molar-refractivity contribution in [3.8, 4) is 0 Å². The van der Waals surface area contributed by atoms with Gasteiger partial charge in [-0.1, -0.05) is 42.5 Å². The van der Waals surface area contributed by atoms with Gasteiger partial charge in [0.15, 0.2) is 0 Å². The van der Waals surface area contributed by atoms with Gasteiger partial charge in [-0.3, -0.25) is 9.10 Å². The Balaban J connectivity index is 2.41. The molecule has 2 N–H and O–H groups in total. The fraction of sp³-hybridized carbons (Fsp3) is 0.158. The minimum absolute atomic E-state index is 0.00639. The van der Waals surface area contributed by atoms with E-state index in [4.69, 9.17) is 5.11 Å². The van der Waals surface area contributed by atoms with Gasteiger partial charge in [0.05, 0.1) is 16.7 Å². The van der Waals surface area contributed by atoms with Gasteiger partial charge < -0.3 is 10.2 Å². The van der Waals surface area contributed by atoms with Gasteiger partial charge in [-0.2, -0.15) is 0 Å². The van der Waals surface area contributed by atoms with Gasteiger partial charge in [-0.25, -0.2) is 13.2 Å². The maximum Gasteiger partial charge on any atom is 0.337 e. The molecule has 0 radical (unpaired) electrons. The molecule has 0 bridgehead atoms. The minimum atomic E-state index is -4.03. The van der Waals surface area contributed by atoms with E-state index in [1.165, 1.54) is 30.3 Å². The summed E-state index contributed by atoms with van der Waals surface area (Å²) < 4.78 is 26.6. The van der Waals surface area contributed by atoms with E-state index < -0.39 is 22.0 Å². The summed E-state index contributed by atoms with van der Waals surface area (Å²) in [5, 5.41) is 19.2. The van der Waals surface area contributed by atoms with E-state index in [1.807, 2.05) is 0 Å². The Kier molecular flexibility index (Phi) is 6.73. The molecule has 0 unspecified atom stereocenters. The Morgan fingerprint density at radius 2 is 1.59 bits per heavy atom. The standard InChI is InChI=1S/C19H19NO6S/c21-18(22)11-6-13-20(17-10-5-4-9-16(17)19(23)24)27(25,26)14-12-15-7-2-1-3-8-15/h1-5,7-10,12,14H,6,11,13H2,(H,21,22)(H,23,24). The summed E-state index contributed by atoms with van der Waals surface area (Å²) in [7, 11) is -4.03. The molecule has 2 aromatic rings. The molecule has 0 aliphatic rings. The molecule has 0 heterocycles. The molecule has 0 atom stereocenters. The van der Waals surface area contributed by atoms with Crippen molar-refractivity contribution in [2.75, 3.05) is 10.8 Å². The largest absolute Gasteiger partial charge is 0.481 e. The molecule has 0 fully saturated rings. The van der Waals surface area contributed by atoms with E-state index in [1.54, 1.807) is 30.3 Å². The number of sulfonamides is 1. The van der Waals surface area contributed by atoms with Crippen molar-refractivity contribution >= 4 is 33.7 Å². The summed E-state index contributed by atoms with van der Waals surface area (Å²) in [6, 6.07) is 14.5. The topological polar surface area (TPSA) is 112 Å². The van der Waals surface area contributed by atoms with Gasteiger partial charge in [0.25, 0.3) is 10.0 Å². The third kappa shape index (κ3) is 5.68. The first-order chi connectivity index (χ1) is 12.8. The van der Waals surface area contributed by atoms with Crippen molar-refractivity contribution in [3.05, 3.63) is 71.1 Å². The molecule has 0 aliphatic carbocycles. The number of aliphatic carboxylic acids is 1.